The number of nitriles is 1. The van der Waals surface area contributed by atoms with Gasteiger partial charge in [0, 0.05) is 31.3 Å². The van der Waals surface area contributed by atoms with E-state index >= 15 is 0 Å². The molecule has 10 nitrogen and oxygen atoms in total. The van der Waals surface area contributed by atoms with Crippen molar-refractivity contribution in [3.05, 3.63) is 82.9 Å². The first-order chi connectivity index (χ1) is 20.5. The minimum Gasteiger partial charge on any atom is -0.478 e. The molecule has 2 aliphatic heterocycles. The number of imidazole rings is 1. The number of carboxylic acid groups (broad SMARTS) is 1. The van der Waals surface area contributed by atoms with Crippen LogP contribution in [0.4, 0.5) is 10.2 Å². The number of hydrogen-bond acceptors (Lipinski definition) is 8. The third kappa shape index (κ3) is 6.05. The average Bonchev–Trinajstić information content (AvgIpc) is 3.34. The van der Waals surface area contributed by atoms with Crippen molar-refractivity contribution in [2.24, 2.45) is 0 Å². The van der Waals surface area contributed by atoms with E-state index in [0.717, 1.165) is 61.6 Å². The molecular weight excluding hydrogens is 541 g/mol. The van der Waals surface area contributed by atoms with Crippen molar-refractivity contribution in [1.82, 2.24) is 14.5 Å². The summed E-state index contributed by atoms with van der Waals surface area (Å²) in [5.41, 5.74) is 2.36. The van der Waals surface area contributed by atoms with Gasteiger partial charge in [-0.1, -0.05) is 12.1 Å². The van der Waals surface area contributed by atoms with Gasteiger partial charge < -0.3 is 28.8 Å². The molecule has 4 heterocycles. The second-order valence-corrected chi connectivity index (χ2v) is 10.5. The van der Waals surface area contributed by atoms with Crippen LogP contribution < -0.4 is 9.64 Å². The van der Waals surface area contributed by atoms with Crippen LogP contribution in [0.2, 0.25) is 0 Å². The van der Waals surface area contributed by atoms with Gasteiger partial charge in [-0.2, -0.15) is 10.2 Å². The van der Waals surface area contributed by atoms with E-state index in [9.17, 15) is 14.3 Å². The smallest absolute Gasteiger partial charge is 0.335 e. The van der Waals surface area contributed by atoms with Gasteiger partial charge in [-0.25, -0.2) is 14.2 Å². The standard InChI is InChI=1S/C31H30FN5O5/c32-25-14-20(16-33)4-5-22(25)18-42-30-3-1-2-28(35-30)36-11-8-23(9-12-36)41-19-29-34-26-7-6-21(31(38)39)15-27(26)37(29)17-24-10-13-40-24/h1-7,14-15,23-24H,8-13,17-19H2,(H,38,39)/t24-/m0/s1. The second-order valence-electron chi connectivity index (χ2n) is 10.5. The molecule has 2 aliphatic rings. The molecule has 4 aromatic rings. The fraction of sp³-hybridized carbons (Fsp3) is 0.355. The molecule has 0 radical (unpaired) electrons. The van der Waals surface area contributed by atoms with Crippen molar-refractivity contribution in [3.8, 4) is 11.9 Å². The Hall–Kier alpha value is -4.53. The summed E-state index contributed by atoms with van der Waals surface area (Å²) in [6.45, 7) is 3.18. The van der Waals surface area contributed by atoms with Crippen LogP contribution in [0.15, 0.2) is 54.6 Å². The molecule has 1 atom stereocenters. The Balaban J connectivity index is 1.06. The van der Waals surface area contributed by atoms with Gasteiger partial charge in [0.15, 0.2) is 0 Å². The largest absolute Gasteiger partial charge is 0.478 e. The van der Waals surface area contributed by atoms with Crippen molar-refractivity contribution in [1.29, 1.82) is 5.26 Å². The zero-order valence-electron chi connectivity index (χ0n) is 22.9. The number of halogens is 1. The molecule has 0 spiro atoms. The second kappa shape index (κ2) is 12.1. The number of ether oxygens (including phenoxy) is 3. The number of pyridine rings is 1. The van der Waals surface area contributed by atoms with Gasteiger partial charge >= 0.3 is 5.97 Å². The normalized spacial score (nSPS) is 17.1. The van der Waals surface area contributed by atoms with Crippen molar-refractivity contribution in [3.63, 3.8) is 0 Å². The highest BCUT2D eigenvalue weighted by Gasteiger charge is 2.25. The molecule has 2 saturated heterocycles. The number of carboxylic acids is 1. The highest BCUT2D eigenvalue weighted by atomic mass is 19.1. The molecule has 0 bridgehead atoms. The monoisotopic (exact) mass is 571 g/mol. The fourth-order valence-electron chi connectivity index (χ4n) is 5.24. The Morgan fingerprint density at radius 2 is 1.93 bits per heavy atom. The van der Waals surface area contributed by atoms with Crippen molar-refractivity contribution in [2.45, 2.75) is 51.2 Å². The van der Waals surface area contributed by atoms with Crippen LogP contribution in [0.3, 0.4) is 0 Å². The van der Waals surface area contributed by atoms with E-state index in [4.69, 9.17) is 24.5 Å². The molecule has 0 amide bonds. The van der Waals surface area contributed by atoms with Crippen LogP contribution in [-0.4, -0.2) is 57.5 Å². The van der Waals surface area contributed by atoms with E-state index in [2.05, 4.69) is 9.88 Å². The zero-order chi connectivity index (χ0) is 29.1. The summed E-state index contributed by atoms with van der Waals surface area (Å²) in [6.07, 6.45) is 2.71. The Kier molecular flexibility index (Phi) is 7.99. The van der Waals surface area contributed by atoms with Crippen LogP contribution in [0.1, 0.15) is 46.6 Å². The maximum Gasteiger partial charge on any atom is 0.335 e. The Labute approximate surface area is 241 Å². The molecule has 11 heteroatoms. The number of rotatable bonds is 10. The summed E-state index contributed by atoms with van der Waals surface area (Å²) in [4.78, 5) is 23.1. The minimum absolute atomic E-state index is 0.0131. The number of anilines is 1. The van der Waals surface area contributed by atoms with Crippen molar-refractivity contribution < 1.29 is 28.5 Å². The predicted molar refractivity (Wildman–Crippen MR) is 151 cm³/mol. The maximum absolute atomic E-state index is 14.2. The molecular formula is C31H30FN5O5. The number of hydrogen-bond donors (Lipinski definition) is 1. The molecule has 2 aromatic carbocycles. The van der Waals surface area contributed by atoms with Gasteiger partial charge in [0.25, 0.3) is 0 Å². The molecule has 2 aromatic heterocycles. The first kappa shape index (κ1) is 27.6. The van der Waals surface area contributed by atoms with Gasteiger partial charge in [0.05, 0.1) is 47.0 Å². The van der Waals surface area contributed by atoms with E-state index in [-0.39, 0.29) is 29.9 Å². The van der Waals surface area contributed by atoms with Crippen molar-refractivity contribution in [2.75, 3.05) is 24.6 Å². The summed E-state index contributed by atoms with van der Waals surface area (Å²) in [6, 6.07) is 16.7. The minimum atomic E-state index is -0.971. The van der Waals surface area contributed by atoms with Gasteiger partial charge in [-0.05, 0) is 55.7 Å². The third-order valence-electron chi connectivity index (χ3n) is 7.73. The lowest BCUT2D eigenvalue weighted by atomic mass is 10.1. The van der Waals surface area contributed by atoms with Gasteiger partial charge in [-0.3, -0.25) is 0 Å². The topological polar surface area (TPSA) is 123 Å². The van der Waals surface area contributed by atoms with Crippen LogP contribution in [0.5, 0.6) is 5.88 Å². The van der Waals surface area contributed by atoms with E-state index in [1.54, 1.807) is 36.4 Å². The number of aromatic nitrogens is 3. The first-order valence-corrected chi connectivity index (χ1v) is 14.0. The molecule has 0 unspecified atom stereocenters. The molecule has 2 fully saturated rings. The van der Waals surface area contributed by atoms with Crippen LogP contribution in [0, 0.1) is 17.1 Å². The summed E-state index contributed by atoms with van der Waals surface area (Å²) in [5.74, 6) is 0.485. The van der Waals surface area contributed by atoms with Gasteiger partial charge in [-0.15, -0.1) is 0 Å². The fourth-order valence-corrected chi connectivity index (χ4v) is 5.24. The van der Waals surface area contributed by atoms with Gasteiger partial charge in [0.1, 0.15) is 30.7 Å². The Bertz CT molecular complexity index is 1640. The molecule has 42 heavy (non-hydrogen) atoms. The highest BCUT2D eigenvalue weighted by molar-refractivity contribution is 5.92. The van der Waals surface area contributed by atoms with E-state index in [0.29, 0.717) is 24.6 Å². The molecule has 0 aliphatic carbocycles. The quantitative estimate of drug-likeness (QED) is 0.289. The Morgan fingerprint density at radius 1 is 1.10 bits per heavy atom. The summed E-state index contributed by atoms with van der Waals surface area (Å²) >= 11 is 0. The number of carbonyl (C=O) groups is 1. The lowest BCUT2D eigenvalue weighted by Crippen LogP contribution is -2.37. The van der Waals surface area contributed by atoms with Crippen LogP contribution in [0.25, 0.3) is 11.0 Å². The van der Waals surface area contributed by atoms with Crippen LogP contribution in [-0.2, 0) is 29.2 Å². The molecule has 0 saturated carbocycles. The summed E-state index contributed by atoms with van der Waals surface area (Å²) < 4.78 is 33.9. The zero-order valence-corrected chi connectivity index (χ0v) is 22.9. The lowest BCUT2D eigenvalue weighted by Gasteiger charge is -2.33. The molecule has 6 rings (SSSR count). The number of piperidine rings is 1. The first-order valence-electron chi connectivity index (χ1n) is 14.0. The average molecular weight is 572 g/mol. The number of fused-ring (bicyclic) bond motifs is 1. The molecule has 216 valence electrons. The van der Waals surface area contributed by atoms with Crippen molar-refractivity contribution >= 4 is 22.8 Å². The highest BCUT2D eigenvalue weighted by Crippen LogP contribution is 2.26. The van der Waals surface area contributed by atoms with Gasteiger partial charge in [0.2, 0.25) is 5.88 Å². The number of aromatic carboxylic acids is 1. The maximum atomic E-state index is 14.2. The Morgan fingerprint density at radius 3 is 2.64 bits per heavy atom. The number of nitrogens with zero attached hydrogens (tertiary/aromatic N) is 5. The van der Waals surface area contributed by atoms with E-state index in [1.165, 1.54) is 6.07 Å². The third-order valence-corrected chi connectivity index (χ3v) is 7.73. The molecule has 1 N–H and O–H groups in total. The number of benzene rings is 2. The SMILES string of the molecule is N#Cc1ccc(COc2cccc(N3CCC(OCc4nc5ccc(C(=O)O)cc5n4C[C@@H]4CCO4)CC3)n2)c(F)c1. The van der Waals surface area contributed by atoms with E-state index < -0.39 is 11.8 Å². The van der Waals surface area contributed by atoms with E-state index in [1.807, 2.05) is 22.8 Å². The lowest BCUT2D eigenvalue weighted by molar-refractivity contribution is -0.0600. The summed E-state index contributed by atoms with van der Waals surface area (Å²) in [5, 5.41) is 18.4. The summed E-state index contributed by atoms with van der Waals surface area (Å²) in [7, 11) is 0. The predicted octanol–water partition coefficient (Wildman–Crippen LogP) is 4.69. The van der Waals surface area contributed by atoms with Crippen LogP contribution >= 0.6 is 0 Å².